The van der Waals surface area contributed by atoms with Crippen molar-refractivity contribution in [1.29, 1.82) is 0 Å². The first-order valence-electron chi connectivity index (χ1n) is 7.39. The van der Waals surface area contributed by atoms with E-state index < -0.39 is 11.7 Å². The van der Waals surface area contributed by atoms with Crippen LogP contribution in [-0.2, 0) is 6.18 Å². The number of halogens is 3. The molecule has 0 aliphatic carbocycles. The SMILES string of the molecule is CC(C)(C)Oc1ccc(C=NNc2cccc(C(F)(F)F)c2)cc1. The minimum atomic E-state index is -4.37. The molecule has 0 saturated heterocycles. The second kappa shape index (κ2) is 6.95. The first-order valence-corrected chi connectivity index (χ1v) is 7.39. The van der Waals surface area contributed by atoms with Gasteiger partial charge in [-0.05, 0) is 68.8 Å². The van der Waals surface area contributed by atoms with Crippen molar-refractivity contribution in [2.45, 2.75) is 32.5 Å². The van der Waals surface area contributed by atoms with Crippen molar-refractivity contribution in [3.05, 3.63) is 59.7 Å². The van der Waals surface area contributed by atoms with Crippen LogP contribution in [0.15, 0.2) is 53.6 Å². The number of nitrogens with zero attached hydrogens (tertiary/aromatic N) is 1. The lowest BCUT2D eigenvalue weighted by molar-refractivity contribution is -0.137. The lowest BCUT2D eigenvalue weighted by Gasteiger charge is -2.21. The highest BCUT2D eigenvalue weighted by molar-refractivity contribution is 5.80. The molecule has 2 aromatic rings. The summed E-state index contributed by atoms with van der Waals surface area (Å²) in [6.45, 7) is 5.88. The van der Waals surface area contributed by atoms with E-state index in [0.717, 1.165) is 23.4 Å². The molecule has 2 aromatic carbocycles. The quantitative estimate of drug-likeness (QED) is 0.605. The highest BCUT2D eigenvalue weighted by atomic mass is 19.4. The molecular weight excluding hydrogens is 317 g/mol. The van der Waals surface area contributed by atoms with Gasteiger partial charge >= 0.3 is 6.18 Å². The maximum atomic E-state index is 12.6. The maximum Gasteiger partial charge on any atom is 0.416 e. The molecule has 24 heavy (non-hydrogen) atoms. The van der Waals surface area contributed by atoms with Crippen LogP contribution in [0.2, 0.25) is 0 Å². The normalized spacial score (nSPS) is 12.4. The Kier molecular flexibility index (Phi) is 5.17. The fourth-order valence-electron chi connectivity index (χ4n) is 1.92. The van der Waals surface area contributed by atoms with E-state index in [2.05, 4.69) is 10.5 Å². The van der Waals surface area contributed by atoms with Crippen molar-refractivity contribution in [3.63, 3.8) is 0 Å². The van der Waals surface area contributed by atoms with Gasteiger partial charge in [-0.1, -0.05) is 6.07 Å². The van der Waals surface area contributed by atoms with E-state index in [9.17, 15) is 13.2 Å². The molecule has 128 valence electrons. The van der Waals surface area contributed by atoms with Gasteiger partial charge in [-0.15, -0.1) is 0 Å². The fourth-order valence-corrected chi connectivity index (χ4v) is 1.92. The molecule has 0 aliphatic rings. The molecule has 0 bridgehead atoms. The minimum absolute atomic E-state index is 0.272. The van der Waals surface area contributed by atoms with Crippen molar-refractivity contribution in [3.8, 4) is 5.75 Å². The summed E-state index contributed by atoms with van der Waals surface area (Å²) in [5.41, 5.74) is 2.68. The molecule has 0 aliphatic heterocycles. The Balaban J connectivity index is 1.99. The van der Waals surface area contributed by atoms with Gasteiger partial charge in [0.05, 0.1) is 17.5 Å². The van der Waals surface area contributed by atoms with Crippen molar-refractivity contribution in [2.75, 3.05) is 5.43 Å². The van der Waals surface area contributed by atoms with E-state index >= 15 is 0 Å². The van der Waals surface area contributed by atoms with Crippen LogP contribution in [0.3, 0.4) is 0 Å². The van der Waals surface area contributed by atoms with E-state index in [1.165, 1.54) is 18.3 Å². The number of rotatable bonds is 4. The van der Waals surface area contributed by atoms with Gasteiger partial charge in [-0.2, -0.15) is 18.3 Å². The predicted octanol–water partition coefficient (Wildman–Crippen LogP) is 5.33. The number of nitrogens with one attached hydrogen (secondary N) is 1. The van der Waals surface area contributed by atoms with Crippen molar-refractivity contribution < 1.29 is 17.9 Å². The smallest absolute Gasteiger partial charge is 0.416 e. The van der Waals surface area contributed by atoms with Crippen LogP contribution in [0.25, 0.3) is 0 Å². The highest BCUT2D eigenvalue weighted by Gasteiger charge is 2.30. The van der Waals surface area contributed by atoms with Crippen molar-refractivity contribution in [2.24, 2.45) is 5.10 Å². The van der Waals surface area contributed by atoms with Gasteiger partial charge in [0, 0.05) is 0 Å². The number of alkyl halides is 3. The van der Waals surface area contributed by atoms with Crippen LogP contribution in [0.4, 0.5) is 18.9 Å². The van der Waals surface area contributed by atoms with E-state index in [4.69, 9.17) is 4.74 Å². The molecule has 0 radical (unpaired) electrons. The second-order valence-electron chi connectivity index (χ2n) is 6.23. The summed E-state index contributed by atoms with van der Waals surface area (Å²) >= 11 is 0. The zero-order valence-corrected chi connectivity index (χ0v) is 13.7. The molecule has 0 aromatic heterocycles. The molecule has 0 amide bonds. The van der Waals surface area contributed by atoms with Gasteiger partial charge in [-0.25, -0.2) is 0 Å². The summed E-state index contributed by atoms with van der Waals surface area (Å²) in [5, 5.41) is 3.96. The molecule has 0 fully saturated rings. The summed E-state index contributed by atoms with van der Waals surface area (Å²) in [5.74, 6) is 0.741. The Bertz CT molecular complexity index is 701. The lowest BCUT2D eigenvalue weighted by Crippen LogP contribution is -2.22. The van der Waals surface area contributed by atoms with Crippen LogP contribution in [-0.4, -0.2) is 11.8 Å². The Labute approximate surface area is 139 Å². The fraction of sp³-hybridized carbons (Fsp3) is 0.278. The van der Waals surface area contributed by atoms with Gasteiger partial charge in [0.25, 0.3) is 0 Å². The average molecular weight is 336 g/mol. The van der Waals surface area contributed by atoms with Gasteiger partial charge < -0.3 is 4.74 Å². The van der Waals surface area contributed by atoms with Crippen LogP contribution in [0.5, 0.6) is 5.75 Å². The predicted molar refractivity (Wildman–Crippen MR) is 89.5 cm³/mol. The summed E-state index contributed by atoms with van der Waals surface area (Å²) in [4.78, 5) is 0. The third-order valence-electron chi connectivity index (χ3n) is 2.90. The molecule has 0 atom stereocenters. The number of ether oxygens (including phenoxy) is 1. The van der Waals surface area contributed by atoms with Crippen molar-refractivity contribution in [1.82, 2.24) is 0 Å². The zero-order chi connectivity index (χ0) is 17.8. The topological polar surface area (TPSA) is 33.6 Å². The minimum Gasteiger partial charge on any atom is -0.488 e. The lowest BCUT2D eigenvalue weighted by atomic mass is 10.2. The molecule has 0 heterocycles. The van der Waals surface area contributed by atoms with Crippen molar-refractivity contribution >= 4 is 11.9 Å². The average Bonchev–Trinajstić information content (AvgIpc) is 2.47. The largest absolute Gasteiger partial charge is 0.488 e. The molecule has 0 saturated carbocycles. The van der Waals surface area contributed by atoms with E-state index in [0.29, 0.717) is 0 Å². The Morgan fingerprint density at radius 1 is 1.00 bits per heavy atom. The Morgan fingerprint density at radius 3 is 2.25 bits per heavy atom. The van der Waals surface area contributed by atoms with E-state index in [-0.39, 0.29) is 11.3 Å². The van der Waals surface area contributed by atoms with E-state index in [1.54, 1.807) is 0 Å². The summed E-state index contributed by atoms with van der Waals surface area (Å²) in [7, 11) is 0. The number of anilines is 1. The van der Waals surface area contributed by atoms with Gasteiger partial charge in [0.2, 0.25) is 0 Å². The third-order valence-corrected chi connectivity index (χ3v) is 2.90. The number of hydrogen-bond acceptors (Lipinski definition) is 3. The molecule has 6 heteroatoms. The third kappa shape index (κ3) is 5.61. The standard InChI is InChI=1S/C18H19F3N2O/c1-17(2,3)24-16-9-7-13(8-10-16)12-22-23-15-6-4-5-14(11-15)18(19,20)21/h4-12,23H,1-3H3. The molecular formula is C18H19F3N2O. The first kappa shape index (κ1) is 17.8. The Hall–Kier alpha value is -2.50. The van der Waals surface area contributed by atoms with Gasteiger partial charge in [-0.3, -0.25) is 5.43 Å². The first-order chi connectivity index (χ1) is 11.1. The number of benzene rings is 2. The van der Waals surface area contributed by atoms with Crippen LogP contribution >= 0.6 is 0 Å². The second-order valence-corrected chi connectivity index (χ2v) is 6.23. The summed E-state index contributed by atoms with van der Waals surface area (Å²) < 4.78 is 43.6. The zero-order valence-electron chi connectivity index (χ0n) is 13.7. The maximum absolute atomic E-state index is 12.6. The van der Waals surface area contributed by atoms with Crippen LogP contribution in [0, 0.1) is 0 Å². The van der Waals surface area contributed by atoms with E-state index in [1.807, 2.05) is 45.0 Å². The van der Waals surface area contributed by atoms with Crippen LogP contribution in [0.1, 0.15) is 31.9 Å². The molecule has 2 rings (SSSR count). The molecule has 0 unspecified atom stereocenters. The van der Waals surface area contributed by atoms with Crippen LogP contribution < -0.4 is 10.2 Å². The summed E-state index contributed by atoms with van der Waals surface area (Å²) in [6, 6.07) is 12.1. The molecule has 1 N–H and O–H groups in total. The summed E-state index contributed by atoms with van der Waals surface area (Å²) in [6.07, 6.45) is -2.84. The monoisotopic (exact) mass is 336 g/mol. The number of hydrogen-bond donors (Lipinski definition) is 1. The Morgan fingerprint density at radius 2 is 1.67 bits per heavy atom. The number of hydrazone groups is 1. The van der Waals surface area contributed by atoms with Gasteiger partial charge in [0.15, 0.2) is 0 Å². The highest BCUT2D eigenvalue weighted by Crippen LogP contribution is 2.30. The molecule has 0 spiro atoms. The molecule has 3 nitrogen and oxygen atoms in total. The van der Waals surface area contributed by atoms with Gasteiger partial charge in [0.1, 0.15) is 11.4 Å².